The molecule has 1 aliphatic rings. The standard InChI is InChI=1S/C25H22O7/c1-15(26)29-19-6-4-5-16(11-19)7-9-24(28)31-22-13-18-12-17-8-10-23(27)30-20(17)14-21(18)32-25(22,2)3/h4-12,14,22H,13H2,1-3H3/b9-7+/t22-/m0/s1. The molecule has 1 atom stereocenters. The van der Waals surface area contributed by atoms with E-state index < -0.39 is 29.3 Å². The van der Waals surface area contributed by atoms with E-state index in [4.69, 9.17) is 18.6 Å². The summed E-state index contributed by atoms with van der Waals surface area (Å²) in [5.74, 6) is 0.0662. The second-order valence-electron chi connectivity index (χ2n) is 8.09. The summed E-state index contributed by atoms with van der Waals surface area (Å²) < 4.78 is 22.1. The molecule has 0 spiro atoms. The van der Waals surface area contributed by atoms with Gasteiger partial charge in [0.25, 0.3) is 0 Å². The number of carbonyl (C=O) groups is 2. The van der Waals surface area contributed by atoms with Crippen LogP contribution in [0.1, 0.15) is 31.9 Å². The lowest BCUT2D eigenvalue weighted by atomic mass is 9.90. The van der Waals surface area contributed by atoms with Crippen LogP contribution in [0.2, 0.25) is 0 Å². The van der Waals surface area contributed by atoms with E-state index in [0.717, 1.165) is 10.9 Å². The Morgan fingerprint density at radius 1 is 1.12 bits per heavy atom. The quantitative estimate of drug-likeness (QED) is 0.265. The Morgan fingerprint density at radius 3 is 2.72 bits per heavy atom. The van der Waals surface area contributed by atoms with Crippen LogP contribution < -0.4 is 15.1 Å². The Labute approximate surface area is 184 Å². The zero-order chi connectivity index (χ0) is 22.9. The second-order valence-corrected chi connectivity index (χ2v) is 8.09. The number of benzene rings is 2. The molecule has 32 heavy (non-hydrogen) atoms. The third kappa shape index (κ3) is 4.72. The molecule has 7 nitrogen and oxygen atoms in total. The molecular formula is C25H22O7. The van der Waals surface area contributed by atoms with E-state index in [1.807, 2.05) is 19.9 Å². The molecule has 0 N–H and O–H groups in total. The van der Waals surface area contributed by atoms with Crippen LogP contribution in [0, 0.1) is 0 Å². The summed E-state index contributed by atoms with van der Waals surface area (Å²) in [7, 11) is 0. The molecular weight excluding hydrogens is 412 g/mol. The topological polar surface area (TPSA) is 92.0 Å². The Hall–Kier alpha value is -3.87. The summed E-state index contributed by atoms with van der Waals surface area (Å²) in [5, 5.41) is 0.768. The minimum absolute atomic E-state index is 0.398. The highest BCUT2D eigenvalue weighted by molar-refractivity contribution is 5.87. The number of rotatable bonds is 4. The first kappa shape index (κ1) is 21.4. The molecule has 0 radical (unpaired) electrons. The lowest BCUT2D eigenvalue weighted by Crippen LogP contribution is -2.48. The molecule has 0 amide bonds. The molecule has 0 bridgehead atoms. The Balaban J connectivity index is 1.50. The zero-order valence-corrected chi connectivity index (χ0v) is 17.9. The smallest absolute Gasteiger partial charge is 0.336 e. The van der Waals surface area contributed by atoms with Gasteiger partial charge in [0.2, 0.25) is 0 Å². The number of esters is 2. The van der Waals surface area contributed by atoms with E-state index in [0.29, 0.717) is 29.1 Å². The van der Waals surface area contributed by atoms with E-state index in [2.05, 4.69) is 0 Å². The van der Waals surface area contributed by atoms with Crippen molar-refractivity contribution in [3.8, 4) is 11.5 Å². The number of hydrogen-bond acceptors (Lipinski definition) is 7. The zero-order valence-electron chi connectivity index (χ0n) is 17.9. The molecule has 0 aliphatic carbocycles. The van der Waals surface area contributed by atoms with Crippen LogP contribution in [0.3, 0.4) is 0 Å². The van der Waals surface area contributed by atoms with Crippen LogP contribution in [0.5, 0.6) is 11.5 Å². The van der Waals surface area contributed by atoms with Gasteiger partial charge in [0.1, 0.15) is 28.8 Å². The van der Waals surface area contributed by atoms with Crippen LogP contribution in [-0.4, -0.2) is 23.6 Å². The molecule has 2 heterocycles. The van der Waals surface area contributed by atoms with Gasteiger partial charge in [-0.15, -0.1) is 0 Å². The van der Waals surface area contributed by atoms with Crippen LogP contribution in [0.15, 0.2) is 63.8 Å². The Morgan fingerprint density at radius 2 is 1.94 bits per heavy atom. The normalized spacial score (nSPS) is 16.9. The molecule has 0 fully saturated rings. The van der Waals surface area contributed by atoms with Crippen molar-refractivity contribution >= 4 is 29.0 Å². The fourth-order valence-electron chi connectivity index (χ4n) is 3.57. The van der Waals surface area contributed by atoms with Crippen molar-refractivity contribution in [2.75, 3.05) is 0 Å². The predicted octanol–water partition coefficient (Wildman–Crippen LogP) is 4.06. The van der Waals surface area contributed by atoms with Crippen molar-refractivity contribution < 1.29 is 28.2 Å². The van der Waals surface area contributed by atoms with Gasteiger partial charge in [-0.2, -0.15) is 0 Å². The van der Waals surface area contributed by atoms with Gasteiger partial charge < -0.3 is 18.6 Å². The molecule has 0 unspecified atom stereocenters. The maximum absolute atomic E-state index is 12.5. The van der Waals surface area contributed by atoms with Gasteiger partial charge in [0, 0.05) is 36.9 Å². The molecule has 7 heteroatoms. The van der Waals surface area contributed by atoms with Crippen molar-refractivity contribution in [3.63, 3.8) is 0 Å². The number of fused-ring (bicyclic) bond motifs is 2. The highest BCUT2D eigenvalue weighted by Gasteiger charge is 2.39. The van der Waals surface area contributed by atoms with Crippen LogP contribution in [0.25, 0.3) is 17.0 Å². The molecule has 1 aliphatic heterocycles. The van der Waals surface area contributed by atoms with E-state index in [1.54, 1.807) is 42.5 Å². The number of ether oxygens (including phenoxy) is 3. The van der Waals surface area contributed by atoms with Gasteiger partial charge in [-0.1, -0.05) is 12.1 Å². The lowest BCUT2D eigenvalue weighted by Gasteiger charge is -2.39. The molecule has 2 aromatic carbocycles. The molecule has 164 valence electrons. The lowest BCUT2D eigenvalue weighted by molar-refractivity contribution is -0.155. The third-order valence-corrected chi connectivity index (χ3v) is 5.15. The fourth-order valence-corrected chi connectivity index (χ4v) is 3.57. The van der Waals surface area contributed by atoms with E-state index >= 15 is 0 Å². The van der Waals surface area contributed by atoms with Crippen molar-refractivity contribution in [2.24, 2.45) is 0 Å². The van der Waals surface area contributed by atoms with Gasteiger partial charge >= 0.3 is 17.6 Å². The first-order valence-corrected chi connectivity index (χ1v) is 10.1. The van der Waals surface area contributed by atoms with Crippen LogP contribution in [0.4, 0.5) is 0 Å². The van der Waals surface area contributed by atoms with Crippen LogP contribution in [-0.2, 0) is 20.7 Å². The van der Waals surface area contributed by atoms with Crippen molar-refractivity contribution in [2.45, 2.75) is 38.9 Å². The summed E-state index contributed by atoms with van der Waals surface area (Å²) in [6.45, 7) is 5.00. The maximum atomic E-state index is 12.5. The summed E-state index contributed by atoms with van der Waals surface area (Å²) in [6.07, 6.45) is 2.86. The molecule has 3 aromatic rings. The van der Waals surface area contributed by atoms with Gasteiger partial charge in [-0.05, 0) is 55.3 Å². The fraction of sp³-hybridized carbons (Fsp3) is 0.240. The van der Waals surface area contributed by atoms with Gasteiger partial charge in [-0.25, -0.2) is 9.59 Å². The van der Waals surface area contributed by atoms with Gasteiger partial charge in [0.05, 0.1) is 0 Å². The minimum Gasteiger partial charge on any atom is -0.484 e. The number of hydrogen-bond donors (Lipinski definition) is 0. The summed E-state index contributed by atoms with van der Waals surface area (Å²) in [4.78, 5) is 35.1. The van der Waals surface area contributed by atoms with Crippen LogP contribution >= 0.6 is 0 Å². The van der Waals surface area contributed by atoms with E-state index in [-0.39, 0.29) is 0 Å². The van der Waals surface area contributed by atoms with Crippen molar-refractivity contribution in [1.82, 2.24) is 0 Å². The molecule has 0 saturated carbocycles. The highest BCUT2D eigenvalue weighted by atomic mass is 16.6. The summed E-state index contributed by atoms with van der Waals surface area (Å²) >= 11 is 0. The van der Waals surface area contributed by atoms with E-state index in [9.17, 15) is 14.4 Å². The minimum atomic E-state index is -0.783. The van der Waals surface area contributed by atoms with Gasteiger partial charge in [-0.3, -0.25) is 4.79 Å². The average Bonchev–Trinajstić information content (AvgIpc) is 2.71. The summed E-state index contributed by atoms with van der Waals surface area (Å²) in [5.41, 5.74) is 0.791. The van der Waals surface area contributed by atoms with Gasteiger partial charge in [0.15, 0.2) is 0 Å². The molecule has 1 aromatic heterocycles. The monoisotopic (exact) mass is 434 g/mol. The average molecular weight is 434 g/mol. The maximum Gasteiger partial charge on any atom is 0.336 e. The summed E-state index contributed by atoms with van der Waals surface area (Å²) in [6, 6.07) is 13.4. The highest BCUT2D eigenvalue weighted by Crippen LogP contribution is 2.37. The van der Waals surface area contributed by atoms with Crippen molar-refractivity contribution in [1.29, 1.82) is 0 Å². The van der Waals surface area contributed by atoms with E-state index in [1.165, 1.54) is 19.1 Å². The third-order valence-electron chi connectivity index (χ3n) is 5.15. The molecule has 4 rings (SSSR count). The SMILES string of the molecule is CC(=O)Oc1cccc(/C=C/C(=O)O[C@H]2Cc3cc4ccc(=O)oc4cc3OC2(C)C)c1. The predicted molar refractivity (Wildman–Crippen MR) is 118 cm³/mol. The largest absolute Gasteiger partial charge is 0.484 e. The first-order chi connectivity index (χ1) is 15.2. The second kappa shape index (κ2) is 8.34. The molecule has 0 saturated heterocycles. The number of carbonyl (C=O) groups excluding carboxylic acids is 2. The first-order valence-electron chi connectivity index (χ1n) is 10.1. The Kier molecular flexibility index (Phi) is 5.57. The Bertz CT molecular complexity index is 1280. The van der Waals surface area contributed by atoms with Crippen molar-refractivity contribution in [3.05, 3.63) is 76.2 Å².